The predicted octanol–water partition coefficient (Wildman–Crippen LogP) is 6.55. The van der Waals surface area contributed by atoms with Crippen LogP contribution in [0.2, 0.25) is 5.02 Å². The number of aromatic nitrogens is 1. The molecule has 28 heavy (non-hydrogen) atoms. The zero-order valence-corrected chi connectivity index (χ0v) is 16.7. The van der Waals surface area contributed by atoms with Crippen LogP contribution >= 0.6 is 11.6 Å². The van der Waals surface area contributed by atoms with Crippen molar-refractivity contribution in [2.45, 2.75) is 6.92 Å². The van der Waals surface area contributed by atoms with Crippen LogP contribution in [0.15, 0.2) is 66.7 Å². The molecule has 0 N–H and O–H groups in total. The van der Waals surface area contributed by atoms with Crippen molar-refractivity contribution in [2.75, 3.05) is 14.2 Å². The van der Waals surface area contributed by atoms with Crippen molar-refractivity contribution in [2.24, 2.45) is 0 Å². The van der Waals surface area contributed by atoms with Crippen LogP contribution in [0, 0.1) is 6.92 Å². The average Bonchev–Trinajstić information content (AvgIpc) is 2.74. The van der Waals surface area contributed by atoms with Crippen molar-refractivity contribution in [3.8, 4) is 34.0 Å². The molecule has 3 aromatic carbocycles. The van der Waals surface area contributed by atoms with E-state index in [-0.39, 0.29) is 0 Å². The fourth-order valence-electron chi connectivity index (χ4n) is 3.47. The number of methoxy groups -OCH3 is 2. The molecule has 4 rings (SSSR count). The van der Waals surface area contributed by atoms with E-state index in [1.165, 1.54) is 0 Å². The molecule has 0 bridgehead atoms. The van der Waals surface area contributed by atoms with E-state index in [1.807, 2.05) is 54.6 Å². The molecule has 0 aliphatic rings. The van der Waals surface area contributed by atoms with Crippen LogP contribution in [0.5, 0.6) is 11.5 Å². The number of pyridine rings is 1. The molecule has 3 nitrogen and oxygen atoms in total. The van der Waals surface area contributed by atoms with Gasteiger partial charge in [0.1, 0.15) is 0 Å². The number of fused-ring (bicyclic) bond motifs is 1. The van der Waals surface area contributed by atoms with E-state index in [9.17, 15) is 0 Å². The third kappa shape index (κ3) is 3.19. The van der Waals surface area contributed by atoms with Gasteiger partial charge in [-0.25, -0.2) is 4.98 Å². The first-order valence-electron chi connectivity index (χ1n) is 9.00. The van der Waals surface area contributed by atoms with Gasteiger partial charge in [0.2, 0.25) is 0 Å². The van der Waals surface area contributed by atoms with Gasteiger partial charge in [0.15, 0.2) is 11.5 Å². The Bertz CT molecular complexity index is 1140. The second-order valence-corrected chi connectivity index (χ2v) is 7.00. The third-order valence-corrected chi connectivity index (χ3v) is 5.18. The Morgan fingerprint density at radius 3 is 1.89 bits per heavy atom. The van der Waals surface area contributed by atoms with Crippen LogP contribution in [0.3, 0.4) is 0 Å². The smallest absolute Gasteiger partial charge is 0.161 e. The normalized spacial score (nSPS) is 10.9. The minimum absolute atomic E-state index is 0.688. The Morgan fingerprint density at radius 2 is 1.29 bits per heavy atom. The summed E-state index contributed by atoms with van der Waals surface area (Å²) in [6.45, 7) is 2.08. The van der Waals surface area contributed by atoms with Gasteiger partial charge in [0, 0.05) is 21.5 Å². The van der Waals surface area contributed by atoms with Gasteiger partial charge in [-0.3, -0.25) is 0 Å². The first-order valence-corrected chi connectivity index (χ1v) is 9.38. The average molecular weight is 390 g/mol. The molecular weight excluding hydrogens is 370 g/mol. The van der Waals surface area contributed by atoms with Gasteiger partial charge < -0.3 is 9.47 Å². The minimum atomic E-state index is 0.688. The topological polar surface area (TPSA) is 31.4 Å². The lowest BCUT2D eigenvalue weighted by molar-refractivity contribution is 0.356. The number of nitrogens with zero attached hydrogens (tertiary/aromatic N) is 1. The summed E-state index contributed by atoms with van der Waals surface area (Å²) in [5.41, 5.74) is 4.99. The molecule has 0 aliphatic carbocycles. The Morgan fingerprint density at radius 1 is 0.714 bits per heavy atom. The maximum atomic E-state index is 6.08. The maximum absolute atomic E-state index is 6.08. The lowest BCUT2D eigenvalue weighted by atomic mass is 9.96. The largest absolute Gasteiger partial charge is 0.493 e. The molecule has 0 aliphatic heterocycles. The summed E-state index contributed by atoms with van der Waals surface area (Å²) < 4.78 is 11.1. The van der Waals surface area contributed by atoms with Crippen molar-refractivity contribution in [3.05, 3.63) is 77.3 Å². The molecule has 0 amide bonds. The zero-order valence-electron chi connectivity index (χ0n) is 16.0. The molecule has 0 spiro atoms. The van der Waals surface area contributed by atoms with Crippen molar-refractivity contribution in [3.63, 3.8) is 0 Å². The molecule has 0 radical (unpaired) electrons. The van der Waals surface area contributed by atoms with Crippen LogP contribution in [-0.2, 0) is 0 Å². The van der Waals surface area contributed by atoms with E-state index < -0.39 is 0 Å². The zero-order chi connectivity index (χ0) is 19.7. The van der Waals surface area contributed by atoms with E-state index in [0.29, 0.717) is 16.5 Å². The molecule has 1 heterocycles. The van der Waals surface area contributed by atoms with Gasteiger partial charge in [0.25, 0.3) is 0 Å². The number of aryl methyl sites for hydroxylation is 1. The summed E-state index contributed by atoms with van der Waals surface area (Å²) >= 11 is 6.08. The van der Waals surface area contributed by atoms with Crippen LogP contribution < -0.4 is 9.47 Å². The molecule has 140 valence electrons. The Balaban J connectivity index is 2.09. The number of hydrogen-bond donors (Lipinski definition) is 0. The van der Waals surface area contributed by atoms with E-state index in [1.54, 1.807) is 14.2 Å². The number of ether oxygens (including phenoxy) is 2. The molecule has 0 atom stereocenters. The molecule has 0 fully saturated rings. The van der Waals surface area contributed by atoms with Gasteiger partial charge in [-0.15, -0.1) is 0 Å². The quantitative estimate of drug-likeness (QED) is 0.396. The number of hydrogen-bond acceptors (Lipinski definition) is 3. The monoisotopic (exact) mass is 389 g/mol. The van der Waals surface area contributed by atoms with Crippen LogP contribution in [0.25, 0.3) is 33.3 Å². The van der Waals surface area contributed by atoms with Gasteiger partial charge in [-0.05, 0) is 42.1 Å². The highest BCUT2D eigenvalue weighted by molar-refractivity contribution is 6.30. The Labute approximate surface area is 169 Å². The Kier molecular flexibility index (Phi) is 4.93. The van der Waals surface area contributed by atoms with Crippen LogP contribution in [-0.4, -0.2) is 19.2 Å². The van der Waals surface area contributed by atoms with Gasteiger partial charge >= 0.3 is 0 Å². The minimum Gasteiger partial charge on any atom is -0.493 e. The number of rotatable bonds is 4. The molecular formula is C24H20ClNO2. The number of benzene rings is 3. The maximum Gasteiger partial charge on any atom is 0.161 e. The van der Waals surface area contributed by atoms with Crippen molar-refractivity contribution < 1.29 is 9.47 Å². The highest BCUT2D eigenvalue weighted by Crippen LogP contribution is 2.40. The van der Waals surface area contributed by atoms with Crippen molar-refractivity contribution in [1.29, 1.82) is 0 Å². The SMILES string of the molecule is COc1cc2c(-c3ccccc3)nc(-c3ccc(Cl)cc3)c(C)c2cc1OC. The summed E-state index contributed by atoms with van der Waals surface area (Å²) in [6, 6.07) is 22.0. The highest BCUT2D eigenvalue weighted by atomic mass is 35.5. The fraction of sp³-hybridized carbons (Fsp3) is 0.125. The third-order valence-electron chi connectivity index (χ3n) is 4.93. The fourth-order valence-corrected chi connectivity index (χ4v) is 3.60. The van der Waals surface area contributed by atoms with Crippen molar-refractivity contribution in [1.82, 2.24) is 4.98 Å². The number of halogens is 1. The van der Waals surface area contributed by atoms with Crippen molar-refractivity contribution >= 4 is 22.4 Å². The Hall–Kier alpha value is -3.04. The summed E-state index contributed by atoms with van der Waals surface area (Å²) in [5.74, 6) is 1.39. The second-order valence-electron chi connectivity index (χ2n) is 6.56. The summed E-state index contributed by atoms with van der Waals surface area (Å²) in [4.78, 5) is 5.06. The molecule has 0 unspecified atom stereocenters. The lowest BCUT2D eigenvalue weighted by Crippen LogP contribution is -1.98. The molecule has 4 heteroatoms. The van der Waals surface area contributed by atoms with Gasteiger partial charge in [0.05, 0.1) is 25.6 Å². The van der Waals surface area contributed by atoms with Gasteiger partial charge in [-0.1, -0.05) is 54.1 Å². The van der Waals surface area contributed by atoms with E-state index >= 15 is 0 Å². The molecule has 0 saturated heterocycles. The molecule has 0 saturated carbocycles. The standard InChI is InChI=1S/C24H20ClNO2/c1-15-19-13-21(27-2)22(28-3)14-20(19)24(16-7-5-4-6-8-16)26-23(15)17-9-11-18(25)12-10-17/h4-14H,1-3H3. The summed E-state index contributed by atoms with van der Waals surface area (Å²) in [5, 5.41) is 2.81. The summed E-state index contributed by atoms with van der Waals surface area (Å²) in [6.07, 6.45) is 0. The van der Waals surface area contributed by atoms with E-state index in [2.05, 4.69) is 19.1 Å². The van der Waals surface area contributed by atoms with Gasteiger partial charge in [-0.2, -0.15) is 0 Å². The molecule has 1 aromatic heterocycles. The first-order chi connectivity index (χ1) is 13.6. The molecule has 4 aromatic rings. The predicted molar refractivity (Wildman–Crippen MR) is 115 cm³/mol. The first kappa shape index (κ1) is 18.3. The highest BCUT2D eigenvalue weighted by Gasteiger charge is 2.17. The van der Waals surface area contributed by atoms with E-state index in [4.69, 9.17) is 26.1 Å². The second kappa shape index (κ2) is 7.53. The van der Waals surface area contributed by atoms with E-state index in [0.717, 1.165) is 38.9 Å². The summed E-state index contributed by atoms with van der Waals surface area (Å²) in [7, 11) is 3.30. The lowest BCUT2D eigenvalue weighted by Gasteiger charge is -2.17. The van der Waals surface area contributed by atoms with Crippen LogP contribution in [0.4, 0.5) is 0 Å². The van der Waals surface area contributed by atoms with Crippen LogP contribution in [0.1, 0.15) is 5.56 Å².